The molecule has 0 amide bonds. The lowest BCUT2D eigenvalue weighted by molar-refractivity contribution is -0.0515. The lowest BCUT2D eigenvalue weighted by Gasteiger charge is -2.55. The molecule has 0 aromatic heterocycles. The second kappa shape index (κ2) is 8.19. The first-order valence-electron chi connectivity index (χ1n) is 13.5. The molecule has 34 heavy (non-hydrogen) atoms. The van der Waals surface area contributed by atoms with Crippen LogP contribution in [0.15, 0.2) is 42.5 Å². The third kappa shape index (κ3) is 3.36. The van der Waals surface area contributed by atoms with Crippen molar-refractivity contribution in [3.05, 3.63) is 48.0 Å². The number of ether oxygens (including phenoxy) is 2. The lowest BCUT2D eigenvalue weighted by Crippen LogP contribution is -2.52. The highest BCUT2D eigenvalue weighted by atomic mass is 16.5. The van der Waals surface area contributed by atoms with Gasteiger partial charge in [-0.05, 0) is 116 Å². The van der Waals surface area contributed by atoms with Crippen LogP contribution in [0.3, 0.4) is 0 Å². The van der Waals surface area contributed by atoms with Crippen molar-refractivity contribution >= 4 is 11.4 Å². The molecule has 2 aliphatic heterocycles. The normalized spacial score (nSPS) is 35.8. The minimum absolute atomic E-state index is 0.519. The van der Waals surface area contributed by atoms with E-state index in [9.17, 15) is 0 Å². The van der Waals surface area contributed by atoms with Crippen LogP contribution in [-0.2, 0) is 0 Å². The van der Waals surface area contributed by atoms with Gasteiger partial charge in [-0.25, -0.2) is 0 Å². The van der Waals surface area contributed by atoms with Crippen LogP contribution in [0.4, 0.5) is 11.4 Å². The molecule has 1 saturated heterocycles. The topological polar surface area (TPSA) is 24.9 Å². The largest absolute Gasteiger partial charge is 0.497 e. The van der Waals surface area contributed by atoms with Gasteiger partial charge in [-0.1, -0.05) is 0 Å². The molecule has 2 aromatic rings. The lowest BCUT2D eigenvalue weighted by atomic mass is 9.52. The zero-order valence-electron chi connectivity index (χ0n) is 20.7. The molecule has 8 rings (SSSR count). The summed E-state index contributed by atoms with van der Waals surface area (Å²) in [5.74, 6) is 7.55. The molecule has 4 saturated carbocycles. The average Bonchev–Trinajstić information content (AvgIpc) is 3.18. The number of hydrogen-bond acceptors (Lipinski definition) is 4. The summed E-state index contributed by atoms with van der Waals surface area (Å²) in [7, 11) is 3.52. The number of hydrogen-bond donors (Lipinski definition) is 0. The van der Waals surface area contributed by atoms with Crippen molar-refractivity contribution in [2.24, 2.45) is 29.6 Å². The summed E-state index contributed by atoms with van der Waals surface area (Å²) in [6.07, 6.45) is 8.89. The summed E-state index contributed by atoms with van der Waals surface area (Å²) >= 11 is 0. The van der Waals surface area contributed by atoms with E-state index in [1.165, 1.54) is 68.7 Å². The van der Waals surface area contributed by atoms with Gasteiger partial charge in [0, 0.05) is 43.0 Å². The van der Waals surface area contributed by atoms with Crippen molar-refractivity contribution in [3.63, 3.8) is 0 Å². The highest BCUT2D eigenvalue weighted by Crippen LogP contribution is 2.57. The first-order chi connectivity index (χ1) is 16.7. The van der Waals surface area contributed by atoms with Gasteiger partial charge < -0.3 is 19.3 Å². The van der Waals surface area contributed by atoms with Crippen molar-refractivity contribution < 1.29 is 9.47 Å². The summed E-state index contributed by atoms with van der Waals surface area (Å²) < 4.78 is 11.1. The maximum absolute atomic E-state index is 5.65. The van der Waals surface area contributed by atoms with Crippen molar-refractivity contribution in [3.8, 4) is 11.5 Å². The second-order valence-corrected chi connectivity index (χ2v) is 11.8. The molecule has 4 bridgehead atoms. The molecule has 0 radical (unpaired) electrons. The highest BCUT2D eigenvalue weighted by Gasteiger charge is 2.49. The Labute approximate surface area is 204 Å². The van der Waals surface area contributed by atoms with E-state index < -0.39 is 0 Å². The number of likely N-dealkylation sites (tertiary alicyclic amines) is 1. The molecule has 2 heterocycles. The first kappa shape index (κ1) is 21.1. The molecular weight excluding hydrogens is 420 g/mol. The molecule has 4 nitrogen and oxygen atoms in total. The Kier molecular flexibility index (Phi) is 5.08. The summed E-state index contributed by atoms with van der Waals surface area (Å²) in [6, 6.07) is 15.8. The maximum atomic E-state index is 5.65. The molecule has 2 atom stereocenters. The van der Waals surface area contributed by atoms with Gasteiger partial charge in [-0.15, -0.1) is 0 Å². The molecule has 2 aromatic carbocycles. The van der Waals surface area contributed by atoms with Crippen LogP contribution in [-0.4, -0.2) is 44.8 Å². The van der Waals surface area contributed by atoms with Gasteiger partial charge in [0.15, 0.2) is 0 Å². The molecule has 5 fully saturated rings. The van der Waals surface area contributed by atoms with E-state index in [-0.39, 0.29) is 0 Å². The second-order valence-electron chi connectivity index (χ2n) is 11.8. The Morgan fingerprint density at radius 3 is 2.18 bits per heavy atom. The molecule has 0 N–H and O–H groups in total. The van der Waals surface area contributed by atoms with E-state index in [0.29, 0.717) is 12.0 Å². The number of rotatable bonds is 5. The number of nitrogens with zero attached hydrogens (tertiary/aromatic N) is 2. The van der Waals surface area contributed by atoms with E-state index in [1.54, 1.807) is 20.6 Å². The van der Waals surface area contributed by atoms with Crippen LogP contribution >= 0.6 is 0 Å². The fourth-order valence-corrected chi connectivity index (χ4v) is 8.85. The Morgan fingerprint density at radius 1 is 0.824 bits per heavy atom. The molecule has 0 unspecified atom stereocenters. The summed E-state index contributed by atoms with van der Waals surface area (Å²) in [6.45, 7) is 3.74. The number of methoxy groups -OCH3 is 2. The minimum atomic E-state index is 0.519. The summed E-state index contributed by atoms with van der Waals surface area (Å²) in [4.78, 5) is 5.44. The number of benzene rings is 2. The predicted octanol–water partition coefficient (Wildman–Crippen LogP) is 6.09. The molecule has 180 valence electrons. The Hall–Kier alpha value is -2.20. The zero-order valence-corrected chi connectivity index (χ0v) is 20.7. The molecule has 6 aliphatic rings. The Morgan fingerprint density at radius 2 is 1.50 bits per heavy atom. The van der Waals surface area contributed by atoms with Crippen molar-refractivity contribution in [2.75, 3.05) is 38.8 Å². The maximum Gasteiger partial charge on any atom is 0.119 e. The fourth-order valence-electron chi connectivity index (χ4n) is 8.85. The van der Waals surface area contributed by atoms with E-state index in [2.05, 4.69) is 52.3 Å². The van der Waals surface area contributed by atoms with Crippen LogP contribution < -0.4 is 14.4 Å². The van der Waals surface area contributed by atoms with Gasteiger partial charge in [0.25, 0.3) is 0 Å². The highest BCUT2D eigenvalue weighted by molar-refractivity contribution is 5.74. The Bertz CT molecular complexity index is 1020. The quantitative estimate of drug-likeness (QED) is 0.542. The molecule has 4 aliphatic carbocycles. The fraction of sp³-hybridized carbons (Fsp3) is 0.600. The minimum Gasteiger partial charge on any atom is -0.497 e. The standard InChI is InChI=1S/C30H38N2O2/c1-33-24-5-3-23(4-6-24)32-29-8-7-25(34-2)16-26(29)28-18-31(10-9-30(28)32)17-27-21-12-19-11-20(14-21)15-22(27)13-19/h3-8,16,19-22,27-28,30H,9-15,17-18H2,1-2H3/t19?,20?,21?,22?,27?,28-,30+/m0/s1. The number of piperidine rings is 1. The van der Waals surface area contributed by atoms with Gasteiger partial charge in [-0.2, -0.15) is 0 Å². The number of anilines is 2. The van der Waals surface area contributed by atoms with E-state index in [0.717, 1.165) is 41.1 Å². The molecule has 4 heteroatoms. The molecule has 0 spiro atoms. The number of fused-ring (bicyclic) bond motifs is 3. The SMILES string of the molecule is COc1ccc(N2c3ccc(OC)cc3[C@@H]3CN(CC4C5CC6CC(C5)CC4C6)CC[C@H]32)cc1. The first-order valence-corrected chi connectivity index (χ1v) is 13.5. The van der Waals surface area contributed by atoms with Crippen LogP contribution in [0.25, 0.3) is 0 Å². The predicted molar refractivity (Wildman–Crippen MR) is 136 cm³/mol. The van der Waals surface area contributed by atoms with Gasteiger partial charge in [0.05, 0.1) is 14.2 Å². The van der Waals surface area contributed by atoms with Crippen molar-refractivity contribution in [1.29, 1.82) is 0 Å². The third-order valence-corrected chi connectivity index (χ3v) is 10.1. The van der Waals surface area contributed by atoms with Gasteiger partial charge in [0.1, 0.15) is 11.5 Å². The Balaban J connectivity index is 1.15. The third-order valence-electron chi connectivity index (χ3n) is 10.1. The van der Waals surface area contributed by atoms with Crippen LogP contribution in [0.1, 0.15) is 50.0 Å². The van der Waals surface area contributed by atoms with E-state index >= 15 is 0 Å². The van der Waals surface area contributed by atoms with Crippen molar-refractivity contribution in [1.82, 2.24) is 4.90 Å². The van der Waals surface area contributed by atoms with Crippen LogP contribution in [0, 0.1) is 29.6 Å². The summed E-state index contributed by atoms with van der Waals surface area (Å²) in [5.41, 5.74) is 4.10. The van der Waals surface area contributed by atoms with Gasteiger partial charge in [0.2, 0.25) is 0 Å². The summed E-state index contributed by atoms with van der Waals surface area (Å²) in [5, 5.41) is 0. The van der Waals surface area contributed by atoms with Crippen molar-refractivity contribution in [2.45, 2.75) is 50.5 Å². The van der Waals surface area contributed by atoms with E-state index in [4.69, 9.17) is 9.47 Å². The van der Waals surface area contributed by atoms with Crippen LogP contribution in [0.2, 0.25) is 0 Å². The monoisotopic (exact) mass is 458 g/mol. The molecular formula is C30H38N2O2. The smallest absolute Gasteiger partial charge is 0.119 e. The zero-order chi connectivity index (χ0) is 22.8. The average molecular weight is 459 g/mol. The van der Waals surface area contributed by atoms with Crippen LogP contribution in [0.5, 0.6) is 11.5 Å². The van der Waals surface area contributed by atoms with Gasteiger partial charge in [-0.3, -0.25) is 0 Å². The van der Waals surface area contributed by atoms with E-state index in [1.807, 2.05) is 0 Å². The van der Waals surface area contributed by atoms with Gasteiger partial charge >= 0.3 is 0 Å².